The van der Waals surface area contributed by atoms with E-state index in [0.29, 0.717) is 6.54 Å². The largest absolute Gasteiger partial charge is 0.391 e. The molecule has 6 heteroatoms. The Balaban J connectivity index is 1.55. The molecule has 0 radical (unpaired) electrons. The van der Waals surface area contributed by atoms with Crippen LogP contribution >= 0.6 is 0 Å². The second kappa shape index (κ2) is 6.78. The third-order valence-electron chi connectivity index (χ3n) is 5.33. The summed E-state index contributed by atoms with van der Waals surface area (Å²) in [5.41, 5.74) is 4.70. The zero-order valence-corrected chi connectivity index (χ0v) is 14.9. The molecular weight excluding hydrogens is 316 g/mol. The summed E-state index contributed by atoms with van der Waals surface area (Å²) in [5.74, 6) is 1.16. The maximum Gasteiger partial charge on any atom is 0.131 e. The number of aliphatic hydroxyl groups is 1. The lowest BCUT2D eigenvalue weighted by atomic mass is 10.1. The van der Waals surface area contributed by atoms with E-state index in [1.165, 1.54) is 16.7 Å². The molecule has 2 N–H and O–H groups in total. The van der Waals surface area contributed by atoms with Gasteiger partial charge in [-0.15, -0.1) is 0 Å². The van der Waals surface area contributed by atoms with Gasteiger partial charge in [-0.1, -0.05) is 24.3 Å². The molecule has 134 valence electrons. The number of morpholine rings is 1. The van der Waals surface area contributed by atoms with E-state index in [1.54, 1.807) is 0 Å². The fourth-order valence-electron chi connectivity index (χ4n) is 4.10. The van der Waals surface area contributed by atoms with Crippen LogP contribution in [0.15, 0.2) is 24.3 Å². The number of aryl methyl sites for hydroxylation is 2. The smallest absolute Gasteiger partial charge is 0.131 e. The number of hydrogen-bond donors (Lipinski definition) is 2. The monoisotopic (exact) mass is 342 g/mol. The number of nitrogens with zero attached hydrogens (tertiary/aromatic N) is 3. The summed E-state index contributed by atoms with van der Waals surface area (Å²) in [4.78, 5) is 2.35. The molecule has 1 aliphatic carbocycles. The number of anilines is 1. The predicted octanol–water partition coefficient (Wildman–Crippen LogP) is 1.31. The van der Waals surface area contributed by atoms with Crippen LogP contribution in [0.4, 0.5) is 5.82 Å². The van der Waals surface area contributed by atoms with Gasteiger partial charge in [0.25, 0.3) is 0 Å². The van der Waals surface area contributed by atoms with E-state index < -0.39 is 0 Å². The third-order valence-corrected chi connectivity index (χ3v) is 5.33. The molecule has 1 aromatic heterocycles. The summed E-state index contributed by atoms with van der Waals surface area (Å²) in [7, 11) is 2.00. The van der Waals surface area contributed by atoms with Gasteiger partial charge in [0.2, 0.25) is 0 Å². The molecule has 0 unspecified atom stereocenters. The second-order valence-corrected chi connectivity index (χ2v) is 6.94. The molecule has 6 nitrogen and oxygen atoms in total. The van der Waals surface area contributed by atoms with Crippen LogP contribution in [0.1, 0.15) is 28.4 Å². The normalized spacial score (nSPS) is 23.1. The first-order valence-corrected chi connectivity index (χ1v) is 8.99. The predicted molar refractivity (Wildman–Crippen MR) is 96.7 cm³/mol. The Morgan fingerprint density at radius 2 is 2.04 bits per heavy atom. The molecule has 2 aliphatic rings. The number of benzene rings is 1. The highest BCUT2D eigenvalue weighted by Gasteiger charge is 2.31. The lowest BCUT2D eigenvalue weighted by Gasteiger charge is -2.30. The Labute approximate surface area is 148 Å². The van der Waals surface area contributed by atoms with Crippen molar-refractivity contribution in [2.24, 2.45) is 7.05 Å². The summed E-state index contributed by atoms with van der Waals surface area (Å²) in [5, 5.41) is 18.7. The van der Waals surface area contributed by atoms with E-state index in [-0.39, 0.29) is 12.1 Å². The van der Waals surface area contributed by atoms with E-state index in [2.05, 4.69) is 34.4 Å². The van der Waals surface area contributed by atoms with Crippen molar-refractivity contribution in [1.82, 2.24) is 15.1 Å². The Kier molecular flexibility index (Phi) is 4.50. The number of aromatic nitrogens is 2. The molecule has 25 heavy (non-hydrogen) atoms. The maximum atomic E-state index is 10.5. The van der Waals surface area contributed by atoms with Crippen molar-refractivity contribution >= 4 is 5.82 Å². The van der Waals surface area contributed by atoms with Gasteiger partial charge < -0.3 is 20.1 Å². The van der Waals surface area contributed by atoms with Crippen molar-refractivity contribution in [3.63, 3.8) is 0 Å². The van der Waals surface area contributed by atoms with Crippen molar-refractivity contribution in [2.75, 3.05) is 31.2 Å². The average Bonchev–Trinajstić information content (AvgIpc) is 3.08. The van der Waals surface area contributed by atoms with Gasteiger partial charge in [-0.2, -0.15) is 5.10 Å². The number of aliphatic hydroxyl groups excluding tert-OH is 1. The van der Waals surface area contributed by atoms with Crippen molar-refractivity contribution in [2.45, 2.75) is 32.0 Å². The number of ether oxygens (including phenoxy) is 1. The molecule has 2 heterocycles. The van der Waals surface area contributed by atoms with Crippen molar-refractivity contribution < 1.29 is 9.84 Å². The molecule has 1 aliphatic heterocycles. The van der Waals surface area contributed by atoms with E-state index in [9.17, 15) is 5.11 Å². The zero-order chi connectivity index (χ0) is 17.4. The summed E-state index contributed by atoms with van der Waals surface area (Å²) >= 11 is 0. The molecule has 1 fully saturated rings. The minimum atomic E-state index is -0.374. The second-order valence-electron chi connectivity index (χ2n) is 6.94. The lowest BCUT2D eigenvalue weighted by molar-refractivity contribution is 0.122. The van der Waals surface area contributed by atoms with E-state index in [0.717, 1.165) is 44.2 Å². The fraction of sp³-hybridized carbons (Fsp3) is 0.526. The van der Waals surface area contributed by atoms with Crippen LogP contribution < -0.4 is 10.2 Å². The van der Waals surface area contributed by atoms with Crippen LogP contribution in [-0.2, 0) is 24.8 Å². The number of rotatable bonds is 4. The van der Waals surface area contributed by atoms with Gasteiger partial charge in [0, 0.05) is 38.7 Å². The Hall–Kier alpha value is -1.89. The Morgan fingerprint density at radius 3 is 2.84 bits per heavy atom. The fourth-order valence-corrected chi connectivity index (χ4v) is 4.10. The molecular formula is C19H26N4O2. The van der Waals surface area contributed by atoms with Crippen LogP contribution in [0.25, 0.3) is 0 Å². The van der Waals surface area contributed by atoms with E-state index in [4.69, 9.17) is 4.74 Å². The Morgan fingerprint density at radius 1 is 1.28 bits per heavy atom. The molecule has 0 bridgehead atoms. The van der Waals surface area contributed by atoms with Gasteiger partial charge in [0.15, 0.2) is 0 Å². The molecule has 2 atom stereocenters. The highest BCUT2D eigenvalue weighted by molar-refractivity contribution is 5.50. The minimum absolute atomic E-state index is 0.0201. The van der Waals surface area contributed by atoms with Crippen molar-refractivity contribution in [3.05, 3.63) is 46.6 Å². The van der Waals surface area contributed by atoms with E-state index in [1.807, 2.05) is 23.9 Å². The zero-order valence-electron chi connectivity index (χ0n) is 14.9. The molecule has 1 aromatic carbocycles. The molecule has 2 aromatic rings. The number of hydrogen-bond acceptors (Lipinski definition) is 5. The average molecular weight is 342 g/mol. The van der Waals surface area contributed by atoms with Gasteiger partial charge in [-0.3, -0.25) is 4.68 Å². The first-order chi connectivity index (χ1) is 12.1. The van der Waals surface area contributed by atoms with Crippen molar-refractivity contribution in [3.8, 4) is 0 Å². The lowest BCUT2D eigenvalue weighted by Crippen LogP contribution is -2.38. The van der Waals surface area contributed by atoms with Gasteiger partial charge in [0.1, 0.15) is 5.82 Å². The van der Waals surface area contributed by atoms with Crippen LogP contribution in [0.3, 0.4) is 0 Å². The summed E-state index contributed by atoms with van der Waals surface area (Å²) in [6.45, 7) is 6.04. The van der Waals surface area contributed by atoms with Crippen molar-refractivity contribution in [1.29, 1.82) is 0 Å². The molecule has 1 saturated heterocycles. The van der Waals surface area contributed by atoms with Gasteiger partial charge in [-0.25, -0.2) is 0 Å². The van der Waals surface area contributed by atoms with Gasteiger partial charge in [0.05, 0.1) is 31.1 Å². The van der Waals surface area contributed by atoms with Crippen LogP contribution in [-0.4, -0.2) is 47.3 Å². The maximum absolute atomic E-state index is 10.5. The first kappa shape index (κ1) is 16.6. The Bertz CT molecular complexity index is 752. The van der Waals surface area contributed by atoms with Crippen LogP contribution in [0.2, 0.25) is 0 Å². The summed E-state index contributed by atoms with van der Waals surface area (Å²) < 4.78 is 7.45. The minimum Gasteiger partial charge on any atom is -0.391 e. The molecule has 0 saturated carbocycles. The summed E-state index contributed by atoms with van der Waals surface area (Å²) in [6.07, 6.45) is 0.345. The quantitative estimate of drug-likeness (QED) is 0.877. The topological polar surface area (TPSA) is 62.5 Å². The first-order valence-electron chi connectivity index (χ1n) is 8.99. The summed E-state index contributed by atoms with van der Waals surface area (Å²) in [6, 6.07) is 8.28. The molecule has 0 amide bonds. The van der Waals surface area contributed by atoms with Crippen LogP contribution in [0.5, 0.6) is 0 Å². The van der Waals surface area contributed by atoms with Crippen LogP contribution in [0, 0.1) is 6.92 Å². The number of nitrogens with one attached hydrogen (secondary N) is 1. The van der Waals surface area contributed by atoms with Gasteiger partial charge >= 0.3 is 0 Å². The SMILES string of the molecule is Cc1nn(C)c(N2CCOCC2)c1CN[C@H]1c2ccccc2C[C@H]1O. The number of fused-ring (bicyclic) bond motifs is 1. The molecule has 4 rings (SSSR count). The standard InChI is InChI=1S/C19H26N4O2/c1-13-16(19(22(2)21-13)23-7-9-25-10-8-23)12-20-18-15-6-4-3-5-14(15)11-17(18)24/h3-6,17-18,20,24H,7-12H2,1-2H3/t17-,18+/m1/s1. The van der Waals surface area contributed by atoms with E-state index >= 15 is 0 Å². The molecule has 0 spiro atoms. The van der Waals surface area contributed by atoms with Gasteiger partial charge in [-0.05, 0) is 18.1 Å². The highest BCUT2D eigenvalue weighted by atomic mass is 16.5. The third kappa shape index (κ3) is 3.05. The highest BCUT2D eigenvalue weighted by Crippen LogP contribution is 2.32.